The van der Waals surface area contributed by atoms with Gasteiger partial charge < -0.3 is 4.98 Å². The van der Waals surface area contributed by atoms with Gasteiger partial charge in [-0.25, -0.2) is 13.4 Å². The van der Waals surface area contributed by atoms with Gasteiger partial charge in [-0.1, -0.05) is 32.9 Å². The number of H-pyrrole nitrogens is 1. The number of aromatic amines is 1. The summed E-state index contributed by atoms with van der Waals surface area (Å²) in [6.07, 6.45) is 2.49. The van der Waals surface area contributed by atoms with Crippen LogP contribution < -0.4 is 4.31 Å². The molecule has 1 aromatic heterocycles. The van der Waals surface area contributed by atoms with Crippen LogP contribution >= 0.6 is 0 Å². The lowest BCUT2D eigenvalue weighted by Gasteiger charge is -2.26. The molecule has 1 heterocycles. The molecule has 0 radical (unpaired) electrons. The highest BCUT2D eigenvalue weighted by molar-refractivity contribution is 7.92. The monoisotopic (exact) mass is 357 g/mol. The van der Waals surface area contributed by atoms with E-state index in [1.807, 2.05) is 38.1 Å². The fraction of sp³-hybridized carbons (Fsp3) is 0.316. The van der Waals surface area contributed by atoms with Crippen LogP contribution in [0.15, 0.2) is 53.7 Å². The maximum atomic E-state index is 13.3. The van der Waals surface area contributed by atoms with Gasteiger partial charge >= 0.3 is 0 Å². The van der Waals surface area contributed by atoms with E-state index in [-0.39, 0.29) is 10.8 Å². The first-order valence-electron chi connectivity index (χ1n) is 8.46. The zero-order valence-electron chi connectivity index (χ0n) is 14.7. The van der Waals surface area contributed by atoms with E-state index in [9.17, 15) is 8.42 Å². The molecule has 3 rings (SSSR count). The summed E-state index contributed by atoms with van der Waals surface area (Å²) >= 11 is 0. The molecule has 5 nitrogen and oxygen atoms in total. The first-order valence-corrected chi connectivity index (χ1v) is 9.90. The summed E-state index contributed by atoms with van der Waals surface area (Å²) in [7, 11) is -3.65. The molecule has 2 aromatic carbocycles. The highest BCUT2D eigenvalue weighted by atomic mass is 32.2. The van der Waals surface area contributed by atoms with Crippen molar-refractivity contribution in [3.05, 3.63) is 54.4 Å². The van der Waals surface area contributed by atoms with E-state index >= 15 is 0 Å². The summed E-state index contributed by atoms with van der Waals surface area (Å²) in [5.41, 5.74) is 3.34. The molecule has 1 N–H and O–H groups in total. The van der Waals surface area contributed by atoms with Crippen LogP contribution in [0.2, 0.25) is 0 Å². The normalized spacial score (nSPS) is 12.0. The SMILES string of the molecule is CCc1ccc(N(CC(C)C)S(=O)(=O)c2ccc3nc[nH]c3c2)cc1. The van der Waals surface area contributed by atoms with E-state index in [1.165, 1.54) is 9.87 Å². The fourth-order valence-corrected chi connectivity index (χ4v) is 4.43. The molecule has 0 unspecified atom stereocenters. The van der Waals surface area contributed by atoms with E-state index < -0.39 is 10.0 Å². The molecule has 3 aromatic rings. The summed E-state index contributed by atoms with van der Waals surface area (Å²) in [5, 5.41) is 0. The Morgan fingerprint density at radius 1 is 1.12 bits per heavy atom. The van der Waals surface area contributed by atoms with E-state index in [0.29, 0.717) is 17.7 Å². The number of hydrogen-bond donors (Lipinski definition) is 1. The Balaban J connectivity index is 2.06. The molecule has 0 bridgehead atoms. The second kappa shape index (κ2) is 6.88. The molecule has 0 aliphatic rings. The number of imidazole rings is 1. The number of aryl methyl sites for hydroxylation is 1. The van der Waals surface area contributed by atoms with Crippen molar-refractivity contribution in [2.24, 2.45) is 5.92 Å². The summed E-state index contributed by atoms with van der Waals surface area (Å²) < 4.78 is 28.1. The Morgan fingerprint density at radius 2 is 1.84 bits per heavy atom. The molecule has 0 fully saturated rings. The lowest BCUT2D eigenvalue weighted by molar-refractivity contribution is 0.578. The van der Waals surface area contributed by atoms with Crippen LogP contribution in [0.3, 0.4) is 0 Å². The van der Waals surface area contributed by atoms with Crippen molar-refractivity contribution in [1.82, 2.24) is 9.97 Å². The number of hydrogen-bond acceptors (Lipinski definition) is 3. The second-order valence-corrected chi connectivity index (χ2v) is 8.39. The van der Waals surface area contributed by atoms with Crippen LogP contribution in [0.1, 0.15) is 26.3 Å². The largest absolute Gasteiger partial charge is 0.345 e. The maximum absolute atomic E-state index is 13.3. The fourth-order valence-electron chi connectivity index (χ4n) is 2.77. The molecule has 132 valence electrons. The molecule has 6 heteroatoms. The van der Waals surface area contributed by atoms with Crippen LogP contribution in [0.4, 0.5) is 5.69 Å². The molecule has 0 amide bonds. The lowest BCUT2D eigenvalue weighted by atomic mass is 10.1. The number of nitrogens with zero attached hydrogens (tertiary/aromatic N) is 2. The van der Waals surface area contributed by atoms with Crippen molar-refractivity contribution in [2.75, 3.05) is 10.8 Å². The van der Waals surface area contributed by atoms with Crippen LogP contribution in [0.25, 0.3) is 11.0 Å². The average molecular weight is 357 g/mol. The van der Waals surface area contributed by atoms with Crippen molar-refractivity contribution in [3.63, 3.8) is 0 Å². The quantitative estimate of drug-likeness (QED) is 0.726. The van der Waals surface area contributed by atoms with Gasteiger partial charge in [0.15, 0.2) is 0 Å². The van der Waals surface area contributed by atoms with Crippen LogP contribution in [0, 0.1) is 5.92 Å². The van der Waals surface area contributed by atoms with Crippen molar-refractivity contribution >= 4 is 26.7 Å². The zero-order valence-corrected chi connectivity index (χ0v) is 15.5. The number of anilines is 1. The number of aromatic nitrogens is 2. The van der Waals surface area contributed by atoms with Gasteiger partial charge in [0.05, 0.1) is 27.9 Å². The van der Waals surface area contributed by atoms with Gasteiger partial charge in [-0.15, -0.1) is 0 Å². The van der Waals surface area contributed by atoms with Gasteiger partial charge in [-0.3, -0.25) is 4.31 Å². The van der Waals surface area contributed by atoms with Gasteiger partial charge in [0, 0.05) is 6.54 Å². The van der Waals surface area contributed by atoms with Gasteiger partial charge in [0.1, 0.15) is 0 Å². The van der Waals surface area contributed by atoms with Crippen LogP contribution in [-0.2, 0) is 16.4 Å². The van der Waals surface area contributed by atoms with Crippen molar-refractivity contribution < 1.29 is 8.42 Å². The molecule has 0 spiro atoms. The molecule has 25 heavy (non-hydrogen) atoms. The van der Waals surface area contributed by atoms with E-state index in [2.05, 4.69) is 16.9 Å². The Labute approximate surface area is 148 Å². The zero-order chi connectivity index (χ0) is 18.0. The van der Waals surface area contributed by atoms with Gasteiger partial charge in [-0.2, -0.15) is 0 Å². The third kappa shape index (κ3) is 3.54. The van der Waals surface area contributed by atoms with Crippen molar-refractivity contribution in [2.45, 2.75) is 32.1 Å². The summed E-state index contributed by atoms with van der Waals surface area (Å²) in [4.78, 5) is 7.39. The highest BCUT2D eigenvalue weighted by Crippen LogP contribution is 2.27. The second-order valence-electron chi connectivity index (χ2n) is 6.53. The summed E-state index contributed by atoms with van der Waals surface area (Å²) in [5.74, 6) is 0.205. The topological polar surface area (TPSA) is 66.1 Å². The number of nitrogens with one attached hydrogen (secondary N) is 1. The van der Waals surface area contributed by atoms with Crippen LogP contribution in [-0.4, -0.2) is 24.9 Å². The molecule has 0 saturated carbocycles. The Bertz CT molecular complexity index is 960. The number of benzene rings is 2. The Morgan fingerprint density at radius 3 is 2.48 bits per heavy atom. The van der Waals surface area contributed by atoms with Crippen LogP contribution in [0.5, 0.6) is 0 Å². The van der Waals surface area contributed by atoms with E-state index in [1.54, 1.807) is 24.5 Å². The van der Waals surface area contributed by atoms with Crippen molar-refractivity contribution in [1.29, 1.82) is 0 Å². The van der Waals surface area contributed by atoms with Crippen molar-refractivity contribution in [3.8, 4) is 0 Å². The van der Waals surface area contributed by atoms with Gasteiger partial charge in [0.25, 0.3) is 10.0 Å². The lowest BCUT2D eigenvalue weighted by Crippen LogP contribution is -2.34. The summed E-state index contributed by atoms with van der Waals surface area (Å²) in [6, 6.07) is 12.7. The minimum Gasteiger partial charge on any atom is -0.345 e. The minimum atomic E-state index is -3.65. The first kappa shape index (κ1) is 17.5. The smallest absolute Gasteiger partial charge is 0.264 e. The molecular weight excluding hydrogens is 334 g/mol. The molecule has 0 aliphatic heterocycles. The summed E-state index contributed by atoms with van der Waals surface area (Å²) in [6.45, 7) is 6.54. The number of fused-ring (bicyclic) bond motifs is 1. The van der Waals surface area contributed by atoms with Gasteiger partial charge in [-0.05, 0) is 48.2 Å². The average Bonchev–Trinajstić information content (AvgIpc) is 3.07. The molecular formula is C19H23N3O2S. The third-order valence-electron chi connectivity index (χ3n) is 4.14. The third-order valence-corrected chi connectivity index (χ3v) is 5.93. The predicted octanol–water partition coefficient (Wildman–Crippen LogP) is 3.98. The minimum absolute atomic E-state index is 0.205. The van der Waals surface area contributed by atoms with Gasteiger partial charge in [0.2, 0.25) is 0 Å². The maximum Gasteiger partial charge on any atom is 0.264 e. The molecule has 0 saturated heterocycles. The Hall–Kier alpha value is -2.34. The van der Waals surface area contributed by atoms with E-state index in [0.717, 1.165) is 11.9 Å². The number of sulfonamides is 1. The predicted molar refractivity (Wildman–Crippen MR) is 101 cm³/mol. The Kier molecular flexibility index (Phi) is 4.81. The standard InChI is InChI=1S/C19H23N3O2S/c1-4-15-5-7-16(8-6-15)22(12-14(2)3)25(23,24)17-9-10-18-19(11-17)21-13-20-18/h5-11,13-14H,4,12H2,1-3H3,(H,20,21). The number of rotatable bonds is 6. The molecule has 0 atom stereocenters. The van der Waals surface area contributed by atoms with E-state index in [4.69, 9.17) is 0 Å². The first-order chi connectivity index (χ1) is 11.9. The highest BCUT2D eigenvalue weighted by Gasteiger charge is 2.26. The molecule has 0 aliphatic carbocycles.